The third-order valence-corrected chi connectivity index (χ3v) is 6.07. The number of benzene rings is 1. The predicted octanol–water partition coefficient (Wildman–Crippen LogP) is 2.67. The highest BCUT2D eigenvalue weighted by atomic mass is 16.5. The van der Waals surface area contributed by atoms with Crippen molar-refractivity contribution in [3.8, 4) is 17.2 Å². The van der Waals surface area contributed by atoms with Crippen molar-refractivity contribution in [3.05, 3.63) is 17.7 Å². The third kappa shape index (κ3) is 4.49. The van der Waals surface area contributed by atoms with Crippen LogP contribution in [0, 0.1) is 11.8 Å². The summed E-state index contributed by atoms with van der Waals surface area (Å²) in [5.41, 5.74) is 7.18. The van der Waals surface area contributed by atoms with Crippen LogP contribution in [0.3, 0.4) is 0 Å². The van der Waals surface area contributed by atoms with Crippen LogP contribution in [-0.2, 0) is 11.2 Å². The molecule has 2 bridgehead atoms. The monoisotopic (exact) mass is 376 g/mol. The standard InChI is InChI=1S/C21H32N2O4/c1-25-17-9-13(10-18(26-2)21(17)27-3)7-8-19(24)23-20-14-5-4-6-15(20)12-16(22)11-14/h9-10,14-16,20H,4-8,11-12,22H2,1-3H3,(H,23,24). The highest BCUT2D eigenvalue weighted by Gasteiger charge is 2.39. The largest absolute Gasteiger partial charge is 0.493 e. The van der Waals surface area contributed by atoms with Crippen LogP contribution >= 0.6 is 0 Å². The zero-order valence-corrected chi connectivity index (χ0v) is 16.6. The van der Waals surface area contributed by atoms with Gasteiger partial charge in [0.15, 0.2) is 11.5 Å². The molecule has 150 valence electrons. The van der Waals surface area contributed by atoms with E-state index in [9.17, 15) is 4.79 Å². The lowest BCUT2D eigenvalue weighted by Gasteiger charge is -2.45. The molecule has 2 unspecified atom stereocenters. The van der Waals surface area contributed by atoms with Gasteiger partial charge in [0.1, 0.15) is 0 Å². The number of fused-ring (bicyclic) bond motifs is 2. The number of aryl methyl sites for hydroxylation is 1. The van der Waals surface area contributed by atoms with Gasteiger partial charge in [0, 0.05) is 18.5 Å². The van der Waals surface area contributed by atoms with Crippen molar-refractivity contribution >= 4 is 5.91 Å². The minimum Gasteiger partial charge on any atom is -0.493 e. The van der Waals surface area contributed by atoms with Crippen molar-refractivity contribution in [2.45, 2.75) is 57.0 Å². The summed E-state index contributed by atoms with van der Waals surface area (Å²) >= 11 is 0. The van der Waals surface area contributed by atoms with Gasteiger partial charge in [-0.3, -0.25) is 4.79 Å². The molecule has 3 rings (SSSR count). The Morgan fingerprint density at radius 2 is 1.67 bits per heavy atom. The van der Waals surface area contributed by atoms with Crippen molar-refractivity contribution in [3.63, 3.8) is 0 Å². The van der Waals surface area contributed by atoms with Crippen LogP contribution < -0.4 is 25.3 Å². The maximum atomic E-state index is 12.6. The SMILES string of the molecule is COc1cc(CCC(=O)NC2C3CCCC2CC(N)C3)cc(OC)c1OC. The van der Waals surface area contributed by atoms with E-state index in [1.165, 1.54) is 19.3 Å². The number of hydrogen-bond donors (Lipinski definition) is 2. The van der Waals surface area contributed by atoms with Crippen molar-refractivity contribution in [1.82, 2.24) is 5.32 Å². The number of carbonyl (C=O) groups excluding carboxylic acids is 1. The second-order valence-electron chi connectivity index (χ2n) is 7.81. The molecule has 0 heterocycles. The molecule has 0 aromatic heterocycles. The molecule has 27 heavy (non-hydrogen) atoms. The number of hydrogen-bond acceptors (Lipinski definition) is 5. The molecule has 2 saturated carbocycles. The van der Waals surface area contributed by atoms with Gasteiger partial charge in [0.2, 0.25) is 11.7 Å². The molecule has 2 aliphatic rings. The molecule has 1 aromatic carbocycles. The summed E-state index contributed by atoms with van der Waals surface area (Å²) in [7, 11) is 4.78. The summed E-state index contributed by atoms with van der Waals surface area (Å²) in [5, 5.41) is 3.31. The first-order valence-corrected chi connectivity index (χ1v) is 9.89. The summed E-state index contributed by atoms with van der Waals surface area (Å²) in [6, 6.07) is 4.41. The van der Waals surface area contributed by atoms with Gasteiger partial charge in [-0.05, 0) is 61.6 Å². The van der Waals surface area contributed by atoms with Gasteiger partial charge < -0.3 is 25.3 Å². The van der Waals surface area contributed by atoms with Gasteiger partial charge >= 0.3 is 0 Å². The normalized spacial score (nSPS) is 27.0. The molecule has 0 saturated heterocycles. The fraction of sp³-hybridized carbons (Fsp3) is 0.667. The fourth-order valence-electron chi connectivity index (χ4n) is 4.82. The maximum Gasteiger partial charge on any atom is 0.220 e. The van der Waals surface area contributed by atoms with E-state index in [4.69, 9.17) is 19.9 Å². The fourth-order valence-corrected chi connectivity index (χ4v) is 4.82. The lowest BCUT2D eigenvalue weighted by atomic mass is 9.67. The van der Waals surface area contributed by atoms with Crippen molar-refractivity contribution in [1.29, 1.82) is 0 Å². The summed E-state index contributed by atoms with van der Waals surface area (Å²) < 4.78 is 16.1. The Labute approximate surface area is 161 Å². The topological polar surface area (TPSA) is 82.8 Å². The molecule has 2 atom stereocenters. The van der Waals surface area contributed by atoms with Crippen molar-refractivity contribution < 1.29 is 19.0 Å². The van der Waals surface area contributed by atoms with E-state index in [2.05, 4.69) is 5.32 Å². The van der Waals surface area contributed by atoms with E-state index in [1.807, 2.05) is 12.1 Å². The highest BCUT2D eigenvalue weighted by Crippen LogP contribution is 2.40. The molecule has 1 amide bonds. The Kier molecular flexibility index (Phi) is 6.47. The Bertz CT molecular complexity index is 625. The second-order valence-corrected chi connectivity index (χ2v) is 7.81. The molecule has 6 nitrogen and oxygen atoms in total. The molecule has 0 spiro atoms. The number of rotatable bonds is 7. The molecule has 0 radical (unpaired) electrons. The molecule has 1 aromatic rings. The average Bonchev–Trinajstić information content (AvgIpc) is 2.66. The number of nitrogens with two attached hydrogens (primary N) is 1. The number of amides is 1. The summed E-state index contributed by atoms with van der Waals surface area (Å²) in [6.07, 6.45) is 6.78. The second kappa shape index (κ2) is 8.83. The van der Waals surface area contributed by atoms with E-state index in [-0.39, 0.29) is 5.91 Å². The quantitative estimate of drug-likeness (QED) is 0.764. The Morgan fingerprint density at radius 3 is 2.19 bits per heavy atom. The molecule has 2 fully saturated rings. The first kappa shape index (κ1) is 19.8. The van der Waals surface area contributed by atoms with Crippen molar-refractivity contribution in [2.24, 2.45) is 17.6 Å². The van der Waals surface area contributed by atoms with E-state index >= 15 is 0 Å². The lowest BCUT2D eigenvalue weighted by Crippen LogP contribution is -2.53. The van der Waals surface area contributed by atoms with E-state index in [0.29, 0.717) is 54.0 Å². The third-order valence-electron chi connectivity index (χ3n) is 6.07. The first-order chi connectivity index (χ1) is 13.0. The Hall–Kier alpha value is -1.95. The average molecular weight is 376 g/mol. The number of carbonyl (C=O) groups is 1. The van der Waals surface area contributed by atoms with Gasteiger partial charge in [-0.25, -0.2) is 0 Å². The lowest BCUT2D eigenvalue weighted by molar-refractivity contribution is -0.123. The Morgan fingerprint density at radius 1 is 1.07 bits per heavy atom. The molecule has 2 aliphatic carbocycles. The van der Waals surface area contributed by atoms with Gasteiger partial charge in [0.25, 0.3) is 0 Å². The minimum absolute atomic E-state index is 0.112. The smallest absolute Gasteiger partial charge is 0.220 e. The number of nitrogens with one attached hydrogen (secondary N) is 1. The van der Waals surface area contributed by atoms with Gasteiger partial charge in [-0.1, -0.05) is 6.42 Å². The van der Waals surface area contributed by atoms with E-state index in [1.54, 1.807) is 21.3 Å². The maximum absolute atomic E-state index is 12.6. The first-order valence-electron chi connectivity index (χ1n) is 9.89. The summed E-state index contributed by atoms with van der Waals surface area (Å²) in [4.78, 5) is 12.6. The zero-order chi connectivity index (χ0) is 19.4. The van der Waals surface area contributed by atoms with E-state index in [0.717, 1.165) is 18.4 Å². The van der Waals surface area contributed by atoms with Crippen LogP contribution in [0.4, 0.5) is 0 Å². The van der Waals surface area contributed by atoms with Gasteiger partial charge in [-0.2, -0.15) is 0 Å². The Balaban J connectivity index is 1.61. The molecule has 6 heteroatoms. The summed E-state index contributed by atoms with van der Waals surface area (Å²) in [5.74, 6) is 2.99. The van der Waals surface area contributed by atoms with Crippen LogP contribution in [0.25, 0.3) is 0 Å². The van der Waals surface area contributed by atoms with Crippen LogP contribution in [0.15, 0.2) is 12.1 Å². The highest BCUT2D eigenvalue weighted by molar-refractivity contribution is 5.76. The molecule has 3 N–H and O–H groups in total. The molecule has 0 aliphatic heterocycles. The van der Waals surface area contributed by atoms with Crippen LogP contribution in [0.1, 0.15) is 44.1 Å². The molecular formula is C21H32N2O4. The number of ether oxygens (including phenoxy) is 3. The van der Waals surface area contributed by atoms with Crippen LogP contribution in [-0.4, -0.2) is 39.3 Å². The van der Waals surface area contributed by atoms with Crippen LogP contribution in [0.2, 0.25) is 0 Å². The number of methoxy groups -OCH3 is 3. The van der Waals surface area contributed by atoms with Crippen molar-refractivity contribution in [2.75, 3.05) is 21.3 Å². The molecular weight excluding hydrogens is 344 g/mol. The van der Waals surface area contributed by atoms with E-state index < -0.39 is 0 Å². The van der Waals surface area contributed by atoms with Gasteiger partial charge in [-0.15, -0.1) is 0 Å². The predicted molar refractivity (Wildman–Crippen MR) is 104 cm³/mol. The van der Waals surface area contributed by atoms with Gasteiger partial charge in [0.05, 0.1) is 21.3 Å². The minimum atomic E-state index is 0.112. The summed E-state index contributed by atoms with van der Waals surface area (Å²) in [6.45, 7) is 0. The van der Waals surface area contributed by atoms with Crippen LogP contribution in [0.5, 0.6) is 17.2 Å². The zero-order valence-electron chi connectivity index (χ0n) is 16.6.